The van der Waals surface area contributed by atoms with E-state index in [1.165, 1.54) is 6.07 Å². The summed E-state index contributed by atoms with van der Waals surface area (Å²) < 4.78 is 31.7. The van der Waals surface area contributed by atoms with Crippen LogP contribution in [-0.2, 0) is 11.3 Å². The van der Waals surface area contributed by atoms with Gasteiger partial charge >= 0.3 is 0 Å². The maximum atomic E-state index is 13.5. The lowest BCUT2D eigenvalue weighted by molar-refractivity contribution is -0.0971. The van der Waals surface area contributed by atoms with Crippen molar-refractivity contribution in [1.29, 1.82) is 0 Å². The Balaban J connectivity index is 1.86. The summed E-state index contributed by atoms with van der Waals surface area (Å²) in [5, 5.41) is 6.12. The highest BCUT2D eigenvalue weighted by Gasteiger charge is 2.33. The van der Waals surface area contributed by atoms with Gasteiger partial charge in [-0.2, -0.15) is 0 Å². The number of aliphatic imine (C=N–C) groups is 1. The van der Waals surface area contributed by atoms with E-state index in [4.69, 9.17) is 4.74 Å². The molecule has 0 aromatic heterocycles. The zero-order valence-electron chi connectivity index (χ0n) is 11.7. The number of benzene rings is 1. The molecule has 0 aliphatic carbocycles. The number of hydrogen-bond donors (Lipinski definition) is 2. The first-order chi connectivity index (χ1) is 9.52. The summed E-state index contributed by atoms with van der Waals surface area (Å²) in [5.74, 6) is -0.333. The van der Waals surface area contributed by atoms with Gasteiger partial charge in [0.1, 0.15) is 11.6 Å². The van der Waals surface area contributed by atoms with Crippen LogP contribution in [0.2, 0.25) is 0 Å². The quantitative estimate of drug-likeness (QED) is 0.652. The third-order valence-corrected chi connectivity index (χ3v) is 3.26. The number of ether oxygens (including phenoxy) is 1. The first-order valence-electron chi connectivity index (χ1n) is 6.49. The van der Waals surface area contributed by atoms with Crippen molar-refractivity contribution in [3.63, 3.8) is 0 Å². The zero-order chi connectivity index (χ0) is 14.6. The summed E-state index contributed by atoms with van der Waals surface area (Å²) in [6.07, 6.45) is 0. The standard InChI is InChI=1S/C14H19F2N3O/c1-14(8-20-9-14)7-19-13(17-2)18-6-10-5-11(15)3-4-12(10)16/h3-5H,6-9H2,1-2H3,(H2,17,18,19). The van der Waals surface area contributed by atoms with Gasteiger partial charge in [0, 0.05) is 31.1 Å². The van der Waals surface area contributed by atoms with Gasteiger partial charge in [-0.1, -0.05) is 6.92 Å². The Morgan fingerprint density at radius 2 is 2.10 bits per heavy atom. The zero-order valence-corrected chi connectivity index (χ0v) is 11.7. The predicted molar refractivity (Wildman–Crippen MR) is 73.5 cm³/mol. The molecule has 1 fully saturated rings. The van der Waals surface area contributed by atoms with Gasteiger partial charge in [-0.15, -0.1) is 0 Å². The van der Waals surface area contributed by atoms with Crippen LogP contribution in [0.25, 0.3) is 0 Å². The van der Waals surface area contributed by atoms with Crippen LogP contribution in [0.4, 0.5) is 8.78 Å². The summed E-state index contributed by atoms with van der Waals surface area (Å²) in [7, 11) is 1.64. The van der Waals surface area contributed by atoms with Crippen molar-refractivity contribution in [3.05, 3.63) is 35.4 Å². The fraction of sp³-hybridized carbons (Fsp3) is 0.500. The highest BCUT2D eigenvalue weighted by atomic mass is 19.1. The summed E-state index contributed by atoms with van der Waals surface area (Å²) in [6, 6.07) is 3.40. The molecule has 4 nitrogen and oxygen atoms in total. The molecule has 0 unspecified atom stereocenters. The van der Waals surface area contributed by atoms with Crippen LogP contribution in [0.5, 0.6) is 0 Å². The number of nitrogens with zero attached hydrogens (tertiary/aromatic N) is 1. The van der Waals surface area contributed by atoms with E-state index in [0.717, 1.165) is 31.9 Å². The van der Waals surface area contributed by atoms with E-state index in [9.17, 15) is 8.78 Å². The van der Waals surface area contributed by atoms with E-state index >= 15 is 0 Å². The Hall–Kier alpha value is -1.69. The lowest BCUT2D eigenvalue weighted by Crippen LogP contribution is -2.50. The van der Waals surface area contributed by atoms with Crippen molar-refractivity contribution in [3.8, 4) is 0 Å². The van der Waals surface area contributed by atoms with Gasteiger partial charge in [0.25, 0.3) is 0 Å². The first kappa shape index (κ1) is 14.7. The molecule has 0 atom stereocenters. The Kier molecular flexibility index (Phi) is 4.54. The van der Waals surface area contributed by atoms with Crippen molar-refractivity contribution < 1.29 is 13.5 Å². The fourth-order valence-corrected chi connectivity index (χ4v) is 1.93. The van der Waals surface area contributed by atoms with Crippen molar-refractivity contribution in [2.24, 2.45) is 10.4 Å². The molecule has 2 rings (SSSR count). The van der Waals surface area contributed by atoms with Crippen LogP contribution in [0.1, 0.15) is 12.5 Å². The van der Waals surface area contributed by atoms with Gasteiger partial charge in [0.2, 0.25) is 0 Å². The SMILES string of the molecule is CN=C(NCc1cc(F)ccc1F)NCC1(C)COC1. The summed E-state index contributed by atoms with van der Waals surface area (Å²) in [5.41, 5.74) is 0.382. The number of guanidine groups is 1. The van der Waals surface area contributed by atoms with Crippen LogP contribution < -0.4 is 10.6 Å². The van der Waals surface area contributed by atoms with Crippen LogP contribution in [0, 0.1) is 17.0 Å². The molecule has 1 aliphatic heterocycles. The molecule has 110 valence electrons. The van der Waals surface area contributed by atoms with E-state index < -0.39 is 11.6 Å². The monoisotopic (exact) mass is 283 g/mol. The minimum absolute atomic E-state index is 0.113. The molecule has 6 heteroatoms. The molecule has 0 spiro atoms. The second-order valence-electron chi connectivity index (χ2n) is 5.32. The maximum Gasteiger partial charge on any atom is 0.191 e. The second-order valence-corrected chi connectivity index (χ2v) is 5.32. The van der Waals surface area contributed by atoms with Gasteiger partial charge in [0.05, 0.1) is 13.2 Å². The van der Waals surface area contributed by atoms with Crippen molar-refractivity contribution >= 4 is 5.96 Å². The van der Waals surface area contributed by atoms with Crippen molar-refractivity contribution in [2.45, 2.75) is 13.5 Å². The van der Waals surface area contributed by atoms with E-state index in [-0.39, 0.29) is 17.5 Å². The lowest BCUT2D eigenvalue weighted by Gasteiger charge is -2.38. The van der Waals surface area contributed by atoms with Crippen LogP contribution in [0.3, 0.4) is 0 Å². The van der Waals surface area contributed by atoms with Crippen LogP contribution in [-0.4, -0.2) is 32.8 Å². The highest BCUT2D eigenvalue weighted by molar-refractivity contribution is 5.79. The molecule has 0 bridgehead atoms. The molecule has 20 heavy (non-hydrogen) atoms. The predicted octanol–water partition coefficient (Wildman–Crippen LogP) is 1.67. The minimum Gasteiger partial charge on any atom is -0.380 e. The second kappa shape index (κ2) is 6.17. The molecular weight excluding hydrogens is 264 g/mol. The molecule has 0 radical (unpaired) electrons. The normalized spacial score (nSPS) is 17.5. The van der Waals surface area contributed by atoms with Gasteiger partial charge < -0.3 is 15.4 Å². The number of nitrogens with one attached hydrogen (secondary N) is 2. The highest BCUT2D eigenvalue weighted by Crippen LogP contribution is 2.24. The number of hydrogen-bond acceptors (Lipinski definition) is 2. The Morgan fingerprint density at radius 1 is 1.35 bits per heavy atom. The smallest absolute Gasteiger partial charge is 0.191 e. The molecule has 0 saturated carbocycles. The van der Waals surface area contributed by atoms with Crippen molar-refractivity contribution in [2.75, 3.05) is 26.8 Å². The Bertz CT molecular complexity index is 501. The molecule has 1 heterocycles. The fourth-order valence-electron chi connectivity index (χ4n) is 1.93. The Labute approximate surface area is 117 Å². The Morgan fingerprint density at radius 3 is 2.70 bits per heavy atom. The summed E-state index contributed by atoms with van der Waals surface area (Å²) in [4.78, 5) is 4.05. The average molecular weight is 283 g/mol. The van der Waals surface area contributed by atoms with E-state index in [1.54, 1.807) is 7.05 Å². The molecule has 1 aromatic rings. The van der Waals surface area contributed by atoms with Gasteiger partial charge in [-0.25, -0.2) is 8.78 Å². The molecule has 1 saturated heterocycles. The molecule has 1 aromatic carbocycles. The number of halogens is 2. The van der Waals surface area contributed by atoms with E-state index in [1.807, 2.05) is 0 Å². The average Bonchev–Trinajstić information content (AvgIpc) is 2.40. The van der Waals surface area contributed by atoms with Gasteiger partial charge in [0.15, 0.2) is 5.96 Å². The third kappa shape index (κ3) is 3.66. The number of rotatable bonds is 4. The largest absolute Gasteiger partial charge is 0.380 e. The van der Waals surface area contributed by atoms with Crippen LogP contribution >= 0.6 is 0 Å². The van der Waals surface area contributed by atoms with E-state index in [0.29, 0.717) is 5.96 Å². The van der Waals surface area contributed by atoms with E-state index in [2.05, 4.69) is 22.5 Å². The maximum absolute atomic E-state index is 13.5. The van der Waals surface area contributed by atoms with Crippen LogP contribution in [0.15, 0.2) is 23.2 Å². The summed E-state index contributed by atoms with van der Waals surface area (Å²) >= 11 is 0. The third-order valence-electron chi connectivity index (χ3n) is 3.26. The summed E-state index contributed by atoms with van der Waals surface area (Å²) in [6.45, 7) is 4.45. The minimum atomic E-state index is -0.453. The lowest BCUT2D eigenvalue weighted by atomic mass is 9.89. The topological polar surface area (TPSA) is 45.7 Å². The molecular formula is C14H19F2N3O. The van der Waals surface area contributed by atoms with Crippen molar-refractivity contribution in [1.82, 2.24) is 10.6 Å². The molecule has 1 aliphatic rings. The van der Waals surface area contributed by atoms with Gasteiger partial charge in [-0.05, 0) is 18.2 Å². The first-order valence-corrected chi connectivity index (χ1v) is 6.49. The molecule has 2 N–H and O–H groups in total. The van der Waals surface area contributed by atoms with Gasteiger partial charge in [-0.3, -0.25) is 4.99 Å². The molecule has 0 amide bonds.